The van der Waals surface area contributed by atoms with Crippen LogP contribution < -0.4 is 0 Å². The molecule has 1 aromatic heterocycles. The number of halogens is 3. The molecule has 9 heteroatoms. The van der Waals surface area contributed by atoms with Crippen LogP contribution in [0.3, 0.4) is 0 Å². The number of nitrogens with zero attached hydrogens (tertiary/aromatic N) is 3. The number of carbonyl (C=O) groups is 2. The van der Waals surface area contributed by atoms with Crippen LogP contribution in [0.4, 0.5) is 13.2 Å². The maximum Gasteiger partial charge on any atom is 0.417 e. The van der Waals surface area contributed by atoms with Gasteiger partial charge < -0.3 is 14.5 Å². The van der Waals surface area contributed by atoms with E-state index in [9.17, 15) is 22.8 Å². The zero-order chi connectivity index (χ0) is 21.0. The van der Waals surface area contributed by atoms with E-state index in [4.69, 9.17) is 4.74 Å². The third-order valence-electron chi connectivity index (χ3n) is 6.09. The van der Waals surface area contributed by atoms with Crippen molar-refractivity contribution >= 4 is 11.9 Å². The van der Waals surface area contributed by atoms with Crippen LogP contribution in [-0.2, 0) is 33.5 Å². The average molecular weight is 409 g/mol. The number of esters is 1. The molecule has 0 bridgehead atoms. The van der Waals surface area contributed by atoms with Gasteiger partial charge in [-0.2, -0.15) is 13.2 Å². The molecule has 1 fully saturated rings. The number of pyridine rings is 1. The van der Waals surface area contributed by atoms with Gasteiger partial charge in [0.25, 0.3) is 5.91 Å². The number of fused-ring (bicyclic) bond motifs is 1. The molecule has 1 amide bonds. The molecule has 1 spiro atoms. The van der Waals surface area contributed by atoms with Crippen LogP contribution in [-0.4, -0.2) is 58.9 Å². The summed E-state index contributed by atoms with van der Waals surface area (Å²) < 4.78 is 44.8. The summed E-state index contributed by atoms with van der Waals surface area (Å²) in [6.07, 6.45) is -2.23. The van der Waals surface area contributed by atoms with Crippen molar-refractivity contribution in [2.24, 2.45) is 0 Å². The lowest BCUT2D eigenvalue weighted by Crippen LogP contribution is -2.49. The number of carbonyl (C=O) groups excluding carboxylic acids is 2. The van der Waals surface area contributed by atoms with E-state index in [1.807, 2.05) is 7.05 Å². The Hall–Kier alpha value is -2.42. The summed E-state index contributed by atoms with van der Waals surface area (Å²) in [6.45, 7) is 3.35. The molecule has 3 aliphatic rings. The zero-order valence-corrected chi connectivity index (χ0v) is 16.3. The predicted molar refractivity (Wildman–Crippen MR) is 96.6 cm³/mol. The average Bonchev–Trinajstić information content (AvgIpc) is 2.92. The summed E-state index contributed by atoms with van der Waals surface area (Å²) >= 11 is 0. The summed E-state index contributed by atoms with van der Waals surface area (Å²) in [5.74, 6) is -0.822. The van der Waals surface area contributed by atoms with Gasteiger partial charge in [0.2, 0.25) is 0 Å². The second-order valence-electron chi connectivity index (χ2n) is 7.99. The largest absolute Gasteiger partial charge is 0.450 e. The minimum absolute atomic E-state index is 0.0338. The molecule has 0 atom stereocenters. The zero-order valence-electron chi connectivity index (χ0n) is 16.3. The van der Waals surface area contributed by atoms with Crippen LogP contribution in [0.15, 0.2) is 23.4 Å². The molecule has 6 nitrogen and oxygen atoms in total. The quantitative estimate of drug-likeness (QED) is 0.667. The Morgan fingerprint density at radius 2 is 1.93 bits per heavy atom. The van der Waals surface area contributed by atoms with Crippen molar-refractivity contribution in [1.82, 2.24) is 14.8 Å². The second kappa shape index (κ2) is 6.83. The van der Waals surface area contributed by atoms with Gasteiger partial charge in [0.15, 0.2) is 0 Å². The fraction of sp³-hybridized carbons (Fsp3) is 0.550. The Bertz CT molecular complexity index is 902. The number of hydrogen-bond acceptors (Lipinski definition) is 5. The van der Waals surface area contributed by atoms with Gasteiger partial charge in [-0.15, -0.1) is 0 Å². The van der Waals surface area contributed by atoms with Gasteiger partial charge >= 0.3 is 12.1 Å². The van der Waals surface area contributed by atoms with Crippen molar-refractivity contribution in [2.75, 3.05) is 26.7 Å². The van der Waals surface area contributed by atoms with Gasteiger partial charge in [-0.05, 0) is 25.6 Å². The molecular formula is C20H22F3N3O3. The minimum atomic E-state index is -4.49. The first-order valence-corrected chi connectivity index (χ1v) is 9.58. The van der Waals surface area contributed by atoms with Gasteiger partial charge in [-0.1, -0.05) is 0 Å². The molecule has 3 aliphatic heterocycles. The summed E-state index contributed by atoms with van der Waals surface area (Å²) in [6, 6.07) is 1.06. The fourth-order valence-corrected chi connectivity index (χ4v) is 4.35. The minimum Gasteiger partial charge on any atom is -0.450 e. The highest BCUT2D eigenvalue weighted by atomic mass is 19.4. The monoisotopic (exact) mass is 409 g/mol. The lowest BCUT2D eigenvalue weighted by atomic mass is 9.82. The van der Waals surface area contributed by atoms with Crippen LogP contribution in [0.25, 0.3) is 0 Å². The number of likely N-dealkylation sites (tertiary alicyclic amines) is 1. The number of piperidine rings is 1. The molecule has 0 saturated carbocycles. The number of hydrogen-bond donors (Lipinski definition) is 0. The van der Waals surface area contributed by atoms with Gasteiger partial charge in [0, 0.05) is 62.9 Å². The van der Waals surface area contributed by atoms with E-state index in [1.165, 1.54) is 4.90 Å². The Kier molecular flexibility index (Phi) is 4.68. The third kappa shape index (κ3) is 3.41. The number of rotatable bonds is 1. The predicted octanol–water partition coefficient (Wildman–Crippen LogP) is 2.32. The van der Waals surface area contributed by atoms with Crippen LogP contribution in [0.2, 0.25) is 0 Å². The lowest BCUT2D eigenvalue weighted by Gasteiger charge is -2.39. The summed E-state index contributed by atoms with van der Waals surface area (Å²) in [7, 11) is 1.97. The Balaban J connectivity index is 1.62. The first-order valence-electron chi connectivity index (χ1n) is 9.58. The van der Waals surface area contributed by atoms with Crippen LogP contribution >= 0.6 is 0 Å². The Labute approximate surface area is 166 Å². The van der Waals surface area contributed by atoms with E-state index in [2.05, 4.69) is 9.88 Å². The molecule has 29 heavy (non-hydrogen) atoms. The van der Waals surface area contributed by atoms with Gasteiger partial charge in [0.1, 0.15) is 5.60 Å². The second-order valence-corrected chi connectivity index (χ2v) is 7.99. The summed E-state index contributed by atoms with van der Waals surface area (Å²) in [4.78, 5) is 33.2. The number of aromatic nitrogens is 1. The van der Waals surface area contributed by atoms with Crippen LogP contribution in [0.5, 0.6) is 0 Å². The van der Waals surface area contributed by atoms with Crippen molar-refractivity contribution in [3.63, 3.8) is 0 Å². The topological polar surface area (TPSA) is 62.7 Å². The molecule has 156 valence electrons. The van der Waals surface area contributed by atoms with E-state index in [-0.39, 0.29) is 12.5 Å². The molecule has 4 heterocycles. The van der Waals surface area contributed by atoms with E-state index < -0.39 is 23.3 Å². The van der Waals surface area contributed by atoms with Gasteiger partial charge in [-0.3, -0.25) is 9.78 Å². The lowest BCUT2D eigenvalue weighted by molar-refractivity contribution is -0.151. The number of ether oxygens (including phenoxy) is 1. The van der Waals surface area contributed by atoms with Gasteiger partial charge in [0.05, 0.1) is 11.1 Å². The number of alkyl halides is 3. The third-order valence-corrected chi connectivity index (χ3v) is 6.09. The smallest absolute Gasteiger partial charge is 0.417 e. The van der Waals surface area contributed by atoms with Crippen molar-refractivity contribution in [3.05, 3.63) is 40.2 Å². The molecule has 1 aromatic rings. The molecule has 0 aliphatic carbocycles. The van der Waals surface area contributed by atoms with Crippen LogP contribution in [0, 0.1) is 0 Å². The first kappa shape index (κ1) is 19.9. The van der Waals surface area contributed by atoms with Crippen molar-refractivity contribution in [3.8, 4) is 0 Å². The molecular weight excluding hydrogens is 387 g/mol. The van der Waals surface area contributed by atoms with E-state index in [1.54, 1.807) is 6.92 Å². The summed E-state index contributed by atoms with van der Waals surface area (Å²) in [5, 5.41) is 0. The molecule has 0 N–H and O–H groups in total. The van der Waals surface area contributed by atoms with E-state index in [0.29, 0.717) is 61.3 Å². The summed E-state index contributed by atoms with van der Waals surface area (Å²) in [5.41, 5.74) is -0.142. The fourth-order valence-electron chi connectivity index (χ4n) is 4.35. The van der Waals surface area contributed by atoms with E-state index >= 15 is 0 Å². The standard InChI is InChI=1S/C20H22F3N3O3/c1-12-16(19(29-18(12)28)4-7-25(2)8-5-19)17(27)26-6-3-15-13(11-26)9-14(10-24-15)20(21,22)23/h9-10H,3-8,11H2,1-2H3. The molecule has 4 rings (SSSR count). The maximum atomic E-state index is 13.4. The Morgan fingerprint density at radius 3 is 2.59 bits per heavy atom. The van der Waals surface area contributed by atoms with Crippen molar-refractivity contribution in [2.45, 2.75) is 44.5 Å². The van der Waals surface area contributed by atoms with Crippen molar-refractivity contribution in [1.29, 1.82) is 0 Å². The van der Waals surface area contributed by atoms with E-state index in [0.717, 1.165) is 12.3 Å². The molecule has 0 unspecified atom stereocenters. The highest BCUT2D eigenvalue weighted by Gasteiger charge is 2.51. The molecule has 0 radical (unpaired) electrons. The highest BCUT2D eigenvalue weighted by molar-refractivity contribution is 6.07. The Morgan fingerprint density at radius 1 is 1.24 bits per heavy atom. The van der Waals surface area contributed by atoms with Crippen LogP contribution in [0.1, 0.15) is 36.6 Å². The normalized spacial score (nSPS) is 22.1. The molecule has 0 aromatic carbocycles. The maximum absolute atomic E-state index is 13.4. The molecule has 1 saturated heterocycles. The number of amides is 1. The highest BCUT2D eigenvalue weighted by Crippen LogP contribution is 2.42. The van der Waals surface area contributed by atoms with Gasteiger partial charge in [-0.25, -0.2) is 4.79 Å². The van der Waals surface area contributed by atoms with Crippen molar-refractivity contribution < 1.29 is 27.5 Å². The SMILES string of the molecule is CC1=C(C(=O)N2CCc3ncc(C(F)(F)F)cc3C2)C2(CCN(C)CC2)OC1=O. The first-order chi connectivity index (χ1) is 13.6.